The number of sulfone groups is 1. The summed E-state index contributed by atoms with van der Waals surface area (Å²) in [5.74, 6) is -0.233. The van der Waals surface area contributed by atoms with Crippen LogP contribution in [-0.2, 0) is 9.84 Å². The Morgan fingerprint density at radius 1 is 1.38 bits per heavy atom. The molecule has 1 aromatic rings. The van der Waals surface area contributed by atoms with E-state index in [4.69, 9.17) is 10.9 Å². The topological polar surface area (TPSA) is 113 Å². The number of nitrogens with zero attached hydrogens (tertiary/aromatic N) is 2. The SMILES string of the molecule is CC(CC(N)=NO)N(C)C(=O)c1ccc(S(C)(=O)=O)cc1. The van der Waals surface area contributed by atoms with E-state index in [0.717, 1.165) is 6.26 Å². The first-order valence-corrected chi connectivity index (χ1v) is 8.09. The van der Waals surface area contributed by atoms with Crippen LogP contribution in [0.25, 0.3) is 0 Å². The van der Waals surface area contributed by atoms with Crippen molar-refractivity contribution in [2.75, 3.05) is 13.3 Å². The summed E-state index contributed by atoms with van der Waals surface area (Å²) in [6.07, 6.45) is 1.34. The van der Waals surface area contributed by atoms with Gasteiger partial charge in [-0.2, -0.15) is 0 Å². The van der Waals surface area contributed by atoms with Crippen LogP contribution in [0, 0.1) is 0 Å². The van der Waals surface area contributed by atoms with Crippen molar-refractivity contribution in [2.24, 2.45) is 10.9 Å². The molecule has 0 aliphatic heterocycles. The molecule has 0 heterocycles. The quantitative estimate of drug-likeness (QED) is 0.359. The maximum atomic E-state index is 12.3. The molecule has 1 aromatic carbocycles. The largest absolute Gasteiger partial charge is 0.409 e. The van der Waals surface area contributed by atoms with Gasteiger partial charge in [-0.1, -0.05) is 5.16 Å². The van der Waals surface area contributed by atoms with E-state index in [1.165, 1.54) is 29.2 Å². The molecule has 0 fully saturated rings. The van der Waals surface area contributed by atoms with Gasteiger partial charge < -0.3 is 15.8 Å². The minimum atomic E-state index is -3.29. The van der Waals surface area contributed by atoms with Crippen molar-refractivity contribution in [2.45, 2.75) is 24.3 Å². The minimum Gasteiger partial charge on any atom is -0.409 e. The summed E-state index contributed by atoms with van der Waals surface area (Å²) >= 11 is 0. The molecule has 0 spiro atoms. The predicted octanol–water partition coefficient (Wildman–Crippen LogP) is 0.687. The Labute approximate surface area is 124 Å². The molecule has 0 bridgehead atoms. The Morgan fingerprint density at radius 3 is 2.33 bits per heavy atom. The van der Waals surface area contributed by atoms with E-state index in [2.05, 4.69) is 5.16 Å². The van der Waals surface area contributed by atoms with Crippen LogP contribution in [0.15, 0.2) is 34.3 Å². The maximum absolute atomic E-state index is 12.3. The Morgan fingerprint density at radius 2 is 1.90 bits per heavy atom. The van der Waals surface area contributed by atoms with Crippen molar-refractivity contribution in [1.29, 1.82) is 0 Å². The molecule has 0 radical (unpaired) electrons. The molecule has 7 nitrogen and oxygen atoms in total. The van der Waals surface area contributed by atoms with Gasteiger partial charge in [0, 0.05) is 31.3 Å². The standard InChI is InChI=1S/C13H19N3O4S/c1-9(8-12(14)15-18)16(2)13(17)10-4-6-11(7-5-10)21(3,19)20/h4-7,9,18H,8H2,1-3H3,(H2,14,15). The van der Waals surface area contributed by atoms with Gasteiger partial charge in [-0.15, -0.1) is 0 Å². The molecule has 1 rings (SSSR count). The van der Waals surface area contributed by atoms with Gasteiger partial charge in [-0.05, 0) is 31.2 Å². The Hall–Kier alpha value is -2.09. The summed E-state index contributed by atoms with van der Waals surface area (Å²) in [5.41, 5.74) is 5.79. The van der Waals surface area contributed by atoms with Crippen LogP contribution in [0.3, 0.4) is 0 Å². The lowest BCUT2D eigenvalue weighted by Gasteiger charge is -2.24. The van der Waals surface area contributed by atoms with Crippen molar-refractivity contribution in [1.82, 2.24) is 4.90 Å². The lowest BCUT2D eigenvalue weighted by Crippen LogP contribution is -2.37. The molecular weight excluding hydrogens is 294 g/mol. The highest BCUT2D eigenvalue weighted by molar-refractivity contribution is 7.90. The summed E-state index contributed by atoms with van der Waals surface area (Å²) < 4.78 is 22.7. The smallest absolute Gasteiger partial charge is 0.253 e. The summed E-state index contributed by atoms with van der Waals surface area (Å²) in [6.45, 7) is 1.76. The summed E-state index contributed by atoms with van der Waals surface area (Å²) in [7, 11) is -1.69. The van der Waals surface area contributed by atoms with Crippen molar-refractivity contribution in [3.05, 3.63) is 29.8 Å². The molecule has 0 aliphatic rings. The van der Waals surface area contributed by atoms with E-state index < -0.39 is 9.84 Å². The number of hydrogen-bond acceptors (Lipinski definition) is 5. The van der Waals surface area contributed by atoms with Gasteiger partial charge in [-0.3, -0.25) is 4.79 Å². The summed E-state index contributed by atoms with van der Waals surface area (Å²) in [6, 6.07) is 5.45. The average molecular weight is 313 g/mol. The minimum absolute atomic E-state index is 0.0366. The lowest BCUT2D eigenvalue weighted by molar-refractivity contribution is 0.0747. The van der Waals surface area contributed by atoms with Gasteiger partial charge in [0.05, 0.1) is 4.90 Å². The number of rotatable bonds is 5. The molecule has 0 aliphatic carbocycles. The van der Waals surface area contributed by atoms with Crippen molar-refractivity contribution < 1.29 is 18.4 Å². The predicted molar refractivity (Wildman–Crippen MR) is 79.1 cm³/mol. The Bertz CT molecular complexity index is 638. The molecule has 1 atom stereocenters. The number of nitrogens with two attached hydrogens (primary N) is 1. The third-order valence-corrected chi connectivity index (χ3v) is 4.27. The van der Waals surface area contributed by atoms with Gasteiger partial charge in [0.25, 0.3) is 5.91 Å². The number of carbonyl (C=O) groups excluding carboxylic acids is 1. The lowest BCUT2D eigenvalue weighted by atomic mass is 10.1. The van der Waals surface area contributed by atoms with Crippen LogP contribution in [0.1, 0.15) is 23.7 Å². The van der Waals surface area contributed by atoms with Gasteiger partial charge in [0.2, 0.25) is 0 Å². The molecular formula is C13H19N3O4S. The third-order valence-electron chi connectivity index (χ3n) is 3.14. The molecule has 3 N–H and O–H groups in total. The van der Waals surface area contributed by atoms with Crippen molar-refractivity contribution >= 4 is 21.6 Å². The zero-order valence-electron chi connectivity index (χ0n) is 12.1. The first-order chi connectivity index (χ1) is 9.66. The highest BCUT2D eigenvalue weighted by Gasteiger charge is 2.19. The fourth-order valence-corrected chi connectivity index (χ4v) is 2.36. The fraction of sp³-hybridized carbons (Fsp3) is 0.385. The van der Waals surface area contributed by atoms with E-state index in [0.29, 0.717) is 5.56 Å². The van der Waals surface area contributed by atoms with E-state index in [1.807, 2.05) is 0 Å². The number of carbonyl (C=O) groups is 1. The third kappa shape index (κ3) is 4.45. The number of hydrogen-bond donors (Lipinski definition) is 2. The van der Waals surface area contributed by atoms with Gasteiger partial charge >= 0.3 is 0 Å². The molecule has 8 heteroatoms. The zero-order valence-corrected chi connectivity index (χ0v) is 13.0. The second kappa shape index (κ2) is 6.57. The van der Waals surface area contributed by atoms with Crippen molar-refractivity contribution in [3.63, 3.8) is 0 Å². The van der Waals surface area contributed by atoms with E-state index in [9.17, 15) is 13.2 Å². The summed E-state index contributed by atoms with van der Waals surface area (Å²) in [4.78, 5) is 13.9. The number of amidine groups is 1. The van der Waals surface area contributed by atoms with Crippen LogP contribution in [0.4, 0.5) is 0 Å². The second-order valence-corrected chi connectivity index (χ2v) is 6.87. The van der Waals surface area contributed by atoms with Gasteiger partial charge in [0.15, 0.2) is 9.84 Å². The first kappa shape index (κ1) is 17.0. The van der Waals surface area contributed by atoms with Crippen LogP contribution in [0.5, 0.6) is 0 Å². The average Bonchev–Trinajstić information content (AvgIpc) is 2.44. The molecule has 1 unspecified atom stereocenters. The molecule has 21 heavy (non-hydrogen) atoms. The Balaban J connectivity index is 2.88. The normalized spacial score (nSPS) is 13.8. The molecule has 116 valence electrons. The monoisotopic (exact) mass is 313 g/mol. The Kier molecular flexibility index (Phi) is 5.31. The van der Waals surface area contributed by atoms with Crippen LogP contribution >= 0.6 is 0 Å². The van der Waals surface area contributed by atoms with Gasteiger partial charge in [-0.25, -0.2) is 8.42 Å². The highest BCUT2D eigenvalue weighted by Crippen LogP contribution is 2.13. The number of amides is 1. The van der Waals surface area contributed by atoms with E-state index >= 15 is 0 Å². The van der Waals surface area contributed by atoms with Crippen LogP contribution in [-0.4, -0.2) is 49.6 Å². The van der Waals surface area contributed by atoms with Crippen molar-refractivity contribution in [3.8, 4) is 0 Å². The van der Waals surface area contributed by atoms with Gasteiger partial charge in [0.1, 0.15) is 5.84 Å². The van der Waals surface area contributed by atoms with E-state index in [1.54, 1.807) is 14.0 Å². The molecule has 0 saturated carbocycles. The fourth-order valence-electron chi connectivity index (χ4n) is 1.73. The maximum Gasteiger partial charge on any atom is 0.253 e. The molecule has 1 amide bonds. The summed E-state index contributed by atoms with van der Waals surface area (Å²) in [5, 5.41) is 11.4. The van der Waals surface area contributed by atoms with Crippen LogP contribution in [0.2, 0.25) is 0 Å². The molecule has 0 saturated heterocycles. The second-order valence-electron chi connectivity index (χ2n) is 4.86. The number of benzene rings is 1. The highest BCUT2D eigenvalue weighted by atomic mass is 32.2. The molecule has 0 aromatic heterocycles. The zero-order chi connectivity index (χ0) is 16.2. The number of oxime groups is 1. The van der Waals surface area contributed by atoms with Crippen LogP contribution < -0.4 is 5.73 Å². The first-order valence-electron chi connectivity index (χ1n) is 6.20. The van der Waals surface area contributed by atoms with E-state index in [-0.39, 0.29) is 29.1 Å².